The van der Waals surface area contributed by atoms with Crippen LogP contribution in [0.25, 0.3) is 0 Å². The second-order valence-corrected chi connectivity index (χ2v) is 5.37. The van der Waals surface area contributed by atoms with Crippen molar-refractivity contribution in [3.63, 3.8) is 0 Å². The van der Waals surface area contributed by atoms with Crippen molar-refractivity contribution in [1.82, 2.24) is 20.0 Å². The Morgan fingerprint density at radius 2 is 2.29 bits per heavy atom. The van der Waals surface area contributed by atoms with Gasteiger partial charge in [-0.25, -0.2) is 0 Å². The van der Waals surface area contributed by atoms with E-state index in [1.165, 1.54) is 0 Å². The molecule has 21 heavy (non-hydrogen) atoms. The van der Waals surface area contributed by atoms with E-state index in [4.69, 9.17) is 4.52 Å². The average molecular weight is 286 g/mol. The smallest absolute Gasteiger partial charge is 0.232 e. The monoisotopic (exact) mass is 286 g/mol. The Hall–Kier alpha value is -2.24. The first-order chi connectivity index (χ1) is 10.2. The molecule has 0 aromatic carbocycles. The first-order valence-corrected chi connectivity index (χ1v) is 7.17. The molecule has 3 rings (SSSR count). The van der Waals surface area contributed by atoms with E-state index in [0.29, 0.717) is 31.1 Å². The second kappa shape index (κ2) is 5.63. The van der Waals surface area contributed by atoms with Crippen LogP contribution in [0.5, 0.6) is 0 Å². The molecular weight excluding hydrogens is 268 g/mol. The molecule has 0 bridgehead atoms. The van der Waals surface area contributed by atoms with Crippen LogP contribution in [0.15, 0.2) is 22.9 Å². The lowest BCUT2D eigenvalue weighted by Crippen LogP contribution is -2.24. The highest BCUT2D eigenvalue weighted by Gasteiger charge is 2.33. The minimum atomic E-state index is 0.0230. The third kappa shape index (κ3) is 2.94. The van der Waals surface area contributed by atoms with E-state index < -0.39 is 0 Å². The van der Waals surface area contributed by atoms with Crippen LogP contribution in [-0.4, -0.2) is 39.0 Å². The van der Waals surface area contributed by atoms with E-state index in [9.17, 15) is 4.79 Å². The number of hydrogen-bond donors (Lipinski definition) is 0. The molecule has 1 fully saturated rings. The first-order valence-electron chi connectivity index (χ1n) is 7.17. The van der Waals surface area contributed by atoms with Crippen molar-refractivity contribution in [1.29, 1.82) is 0 Å². The van der Waals surface area contributed by atoms with Crippen LogP contribution in [0.3, 0.4) is 0 Å². The van der Waals surface area contributed by atoms with Gasteiger partial charge in [-0.2, -0.15) is 4.98 Å². The number of amides is 1. The number of nitrogens with zero attached hydrogens (tertiary/aromatic N) is 4. The van der Waals surface area contributed by atoms with Crippen molar-refractivity contribution in [2.45, 2.75) is 32.6 Å². The van der Waals surface area contributed by atoms with Gasteiger partial charge in [0, 0.05) is 37.8 Å². The van der Waals surface area contributed by atoms with Gasteiger partial charge in [0.1, 0.15) is 0 Å². The van der Waals surface area contributed by atoms with Gasteiger partial charge in [0.2, 0.25) is 11.8 Å². The molecule has 2 aromatic rings. The quantitative estimate of drug-likeness (QED) is 0.855. The van der Waals surface area contributed by atoms with Gasteiger partial charge in [-0.05, 0) is 25.5 Å². The molecule has 1 amide bonds. The van der Waals surface area contributed by atoms with E-state index in [2.05, 4.69) is 15.1 Å². The summed E-state index contributed by atoms with van der Waals surface area (Å²) in [5.74, 6) is 1.38. The zero-order valence-electron chi connectivity index (χ0n) is 12.2. The molecule has 6 heteroatoms. The lowest BCUT2D eigenvalue weighted by molar-refractivity contribution is -0.127. The van der Waals surface area contributed by atoms with Crippen LogP contribution >= 0.6 is 0 Å². The number of likely N-dealkylation sites (N-methyl/N-ethyl adjacent to an activating group) is 1. The summed E-state index contributed by atoms with van der Waals surface area (Å²) in [5, 5.41) is 4.01. The molecule has 3 heterocycles. The number of likely N-dealkylation sites (tertiary alicyclic amines) is 1. The third-order valence-electron chi connectivity index (χ3n) is 3.76. The van der Waals surface area contributed by atoms with Gasteiger partial charge >= 0.3 is 0 Å². The topological polar surface area (TPSA) is 72.1 Å². The Morgan fingerprint density at radius 1 is 1.43 bits per heavy atom. The fourth-order valence-electron chi connectivity index (χ4n) is 2.53. The number of carbonyl (C=O) groups is 1. The van der Waals surface area contributed by atoms with Crippen molar-refractivity contribution in [2.75, 3.05) is 13.1 Å². The zero-order valence-corrected chi connectivity index (χ0v) is 12.2. The molecule has 0 N–H and O–H groups in total. The van der Waals surface area contributed by atoms with Crippen molar-refractivity contribution in [3.8, 4) is 0 Å². The Balaban J connectivity index is 1.69. The average Bonchev–Trinajstić information content (AvgIpc) is 3.08. The normalized spacial score (nSPS) is 18.5. The van der Waals surface area contributed by atoms with Crippen LogP contribution in [0.2, 0.25) is 0 Å². The third-order valence-corrected chi connectivity index (χ3v) is 3.76. The van der Waals surface area contributed by atoms with Gasteiger partial charge in [-0.3, -0.25) is 9.78 Å². The largest absolute Gasteiger partial charge is 0.342 e. The fraction of sp³-hybridized carbons (Fsp3) is 0.467. The number of aromatic nitrogens is 3. The van der Waals surface area contributed by atoms with Crippen LogP contribution in [0.1, 0.15) is 42.2 Å². The lowest BCUT2D eigenvalue weighted by atomic mass is 10.1. The Kier molecular flexibility index (Phi) is 3.68. The Morgan fingerprint density at radius 3 is 2.95 bits per heavy atom. The molecule has 0 saturated carbocycles. The maximum Gasteiger partial charge on any atom is 0.232 e. The van der Waals surface area contributed by atoms with E-state index in [1.807, 2.05) is 37.1 Å². The SMILES string of the molecule is CCN1CC(c2nc(Cc3ccc(C)nc3)no2)CC1=O. The minimum absolute atomic E-state index is 0.0230. The van der Waals surface area contributed by atoms with Crippen LogP contribution in [0, 0.1) is 6.92 Å². The number of aryl methyl sites for hydroxylation is 1. The van der Waals surface area contributed by atoms with Crippen molar-refractivity contribution >= 4 is 5.91 Å². The highest BCUT2D eigenvalue weighted by Crippen LogP contribution is 2.26. The summed E-state index contributed by atoms with van der Waals surface area (Å²) < 4.78 is 5.33. The molecule has 1 aliphatic heterocycles. The summed E-state index contributed by atoms with van der Waals surface area (Å²) in [4.78, 5) is 22.2. The summed E-state index contributed by atoms with van der Waals surface area (Å²) in [6.45, 7) is 5.32. The molecule has 0 radical (unpaired) electrons. The molecule has 110 valence electrons. The zero-order chi connectivity index (χ0) is 14.8. The predicted molar refractivity (Wildman–Crippen MR) is 75.7 cm³/mol. The van der Waals surface area contributed by atoms with Crippen LogP contribution in [0.4, 0.5) is 0 Å². The molecule has 1 atom stereocenters. The minimum Gasteiger partial charge on any atom is -0.342 e. The van der Waals surface area contributed by atoms with Gasteiger partial charge in [-0.1, -0.05) is 11.2 Å². The van der Waals surface area contributed by atoms with E-state index in [1.54, 1.807) is 0 Å². The van der Waals surface area contributed by atoms with Gasteiger partial charge in [-0.15, -0.1) is 0 Å². The van der Waals surface area contributed by atoms with Crippen molar-refractivity contribution in [2.24, 2.45) is 0 Å². The summed E-state index contributed by atoms with van der Waals surface area (Å²) in [7, 11) is 0. The molecule has 6 nitrogen and oxygen atoms in total. The Bertz CT molecular complexity index is 635. The van der Waals surface area contributed by atoms with E-state index in [0.717, 1.165) is 17.8 Å². The van der Waals surface area contributed by atoms with Gasteiger partial charge in [0.05, 0.1) is 5.92 Å². The second-order valence-electron chi connectivity index (χ2n) is 5.37. The molecule has 2 aromatic heterocycles. The highest BCUT2D eigenvalue weighted by atomic mass is 16.5. The molecular formula is C15H18N4O2. The van der Waals surface area contributed by atoms with Crippen molar-refractivity contribution in [3.05, 3.63) is 41.3 Å². The molecule has 0 aliphatic carbocycles. The molecule has 0 spiro atoms. The van der Waals surface area contributed by atoms with Crippen LogP contribution in [-0.2, 0) is 11.2 Å². The van der Waals surface area contributed by atoms with Gasteiger partial charge < -0.3 is 9.42 Å². The van der Waals surface area contributed by atoms with Gasteiger partial charge in [0.15, 0.2) is 5.82 Å². The van der Waals surface area contributed by atoms with E-state index >= 15 is 0 Å². The maximum atomic E-state index is 11.7. The number of carbonyl (C=O) groups excluding carboxylic acids is 1. The fourth-order valence-corrected chi connectivity index (χ4v) is 2.53. The summed E-state index contributed by atoms with van der Waals surface area (Å²) in [6, 6.07) is 3.97. The van der Waals surface area contributed by atoms with Gasteiger partial charge in [0.25, 0.3) is 0 Å². The predicted octanol–water partition coefficient (Wildman–Crippen LogP) is 1.70. The molecule has 1 unspecified atom stereocenters. The number of pyridine rings is 1. The summed E-state index contributed by atoms with van der Waals surface area (Å²) in [5.41, 5.74) is 2.03. The highest BCUT2D eigenvalue weighted by molar-refractivity contribution is 5.79. The van der Waals surface area contributed by atoms with Crippen molar-refractivity contribution < 1.29 is 9.32 Å². The molecule has 1 aliphatic rings. The lowest BCUT2D eigenvalue weighted by Gasteiger charge is -2.11. The summed E-state index contributed by atoms with van der Waals surface area (Å²) >= 11 is 0. The summed E-state index contributed by atoms with van der Waals surface area (Å²) in [6.07, 6.45) is 2.87. The standard InChI is InChI=1S/C15H18N4O2/c1-3-19-9-12(7-14(19)20)15-17-13(18-21-15)6-11-5-4-10(2)16-8-11/h4-5,8,12H,3,6-7,9H2,1-2H3. The molecule has 1 saturated heterocycles. The number of hydrogen-bond acceptors (Lipinski definition) is 5. The van der Waals surface area contributed by atoms with Crippen LogP contribution < -0.4 is 0 Å². The first kappa shape index (κ1) is 13.7. The maximum absolute atomic E-state index is 11.7. The Labute approximate surface area is 123 Å². The number of rotatable bonds is 4. The van der Waals surface area contributed by atoms with E-state index in [-0.39, 0.29) is 11.8 Å².